The van der Waals surface area contributed by atoms with Gasteiger partial charge in [0.05, 0.1) is 13.2 Å². The van der Waals surface area contributed by atoms with Gasteiger partial charge in [-0.15, -0.1) is 0 Å². The molecule has 0 aromatic rings. The van der Waals surface area contributed by atoms with Crippen LogP contribution in [-0.4, -0.2) is 49.3 Å². The molecule has 2 atom stereocenters. The van der Waals surface area contributed by atoms with Crippen LogP contribution in [0.3, 0.4) is 0 Å². The summed E-state index contributed by atoms with van der Waals surface area (Å²) in [4.78, 5) is 34.8. The van der Waals surface area contributed by atoms with E-state index in [4.69, 9.17) is 24.3 Å². The van der Waals surface area contributed by atoms with Gasteiger partial charge in [0.1, 0.15) is 6.61 Å². The lowest BCUT2D eigenvalue weighted by molar-refractivity contribution is -0.161. The van der Waals surface area contributed by atoms with E-state index in [-0.39, 0.29) is 38.6 Å². The van der Waals surface area contributed by atoms with E-state index >= 15 is 0 Å². The molecule has 0 aliphatic rings. The molecule has 0 aromatic carbocycles. The molecule has 0 amide bonds. The van der Waals surface area contributed by atoms with Crippen LogP contribution in [0.5, 0.6) is 0 Å². The quantitative estimate of drug-likeness (QED) is 0.0272. The minimum atomic E-state index is -4.37. The Morgan fingerprint density at radius 3 is 1.41 bits per heavy atom. The summed E-state index contributed by atoms with van der Waals surface area (Å²) in [6.07, 6.45) is 38.1. The Morgan fingerprint density at radius 2 is 0.961 bits per heavy atom. The fourth-order valence-electron chi connectivity index (χ4n) is 5.98. The van der Waals surface area contributed by atoms with Gasteiger partial charge in [-0.3, -0.25) is 18.6 Å². The van der Waals surface area contributed by atoms with Gasteiger partial charge in [-0.05, 0) is 38.5 Å². The number of carbonyl (C=O) groups excluding carboxylic acids is 2. The van der Waals surface area contributed by atoms with Crippen molar-refractivity contribution in [1.29, 1.82) is 0 Å². The molecule has 0 heterocycles. The van der Waals surface area contributed by atoms with Gasteiger partial charge >= 0.3 is 19.8 Å². The summed E-state index contributed by atoms with van der Waals surface area (Å²) in [6.45, 7) is 3.73. The molecular weight excluding hydrogens is 665 g/mol. The molecule has 3 N–H and O–H groups in total. The SMILES string of the molecule is CCCCCCCCCC/C=C/CCCCCC(=O)O[C@H](COC(=O)CCCCCCCCCCCCCCCCC)COP(=O)(O)OCCN. The van der Waals surface area contributed by atoms with Crippen LogP contribution >= 0.6 is 7.82 Å². The lowest BCUT2D eigenvalue weighted by Gasteiger charge is -2.19. The van der Waals surface area contributed by atoms with Crippen molar-refractivity contribution in [1.82, 2.24) is 0 Å². The number of nitrogens with two attached hydrogens (primary N) is 1. The number of phosphoric ester groups is 1. The van der Waals surface area contributed by atoms with E-state index in [9.17, 15) is 19.0 Å². The van der Waals surface area contributed by atoms with Gasteiger partial charge < -0.3 is 20.1 Å². The zero-order chi connectivity index (χ0) is 37.5. The summed E-state index contributed by atoms with van der Waals surface area (Å²) in [5, 5.41) is 0. The molecule has 0 fully saturated rings. The van der Waals surface area contributed by atoms with Crippen molar-refractivity contribution in [2.45, 2.75) is 213 Å². The van der Waals surface area contributed by atoms with E-state index < -0.39 is 26.5 Å². The van der Waals surface area contributed by atoms with E-state index in [1.807, 2.05) is 0 Å². The number of ether oxygens (including phenoxy) is 2. The van der Waals surface area contributed by atoms with Crippen LogP contribution in [0, 0.1) is 0 Å². The number of phosphoric acid groups is 1. The van der Waals surface area contributed by atoms with Gasteiger partial charge in [0.15, 0.2) is 6.10 Å². The van der Waals surface area contributed by atoms with Crippen LogP contribution in [0.1, 0.15) is 206 Å². The van der Waals surface area contributed by atoms with Gasteiger partial charge in [-0.1, -0.05) is 167 Å². The first-order chi connectivity index (χ1) is 24.8. The van der Waals surface area contributed by atoms with Crippen LogP contribution in [0.25, 0.3) is 0 Å². The third-order valence-electron chi connectivity index (χ3n) is 9.15. The topological polar surface area (TPSA) is 134 Å². The Labute approximate surface area is 313 Å². The second-order valence-corrected chi connectivity index (χ2v) is 15.7. The summed E-state index contributed by atoms with van der Waals surface area (Å²) in [5.74, 6) is -0.837. The van der Waals surface area contributed by atoms with Crippen molar-refractivity contribution >= 4 is 19.8 Å². The zero-order valence-corrected chi connectivity index (χ0v) is 34.0. The Hall–Kier alpha value is -1.25. The van der Waals surface area contributed by atoms with Crippen LogP contribution in [0.15, 0.2) is 12.2 Å². The van der Waals surface area contributed by atoms with Crippen molar-refractivity contribution in [3.63, 3.8) is 0 Å². The third-order valence-corrected chi connectivity index (χ3v) is 10.1. The lowest BCUT2D eigenvalue weighted by atomic mass is 10.0. The molecule has 1 unspecified atom stereocenters. The zero-order valence-electron chi connectivity index (χ0n) is 33.1. The average Bonchev–Trinajstić information content (AvgIpc) is 3.11. The van der Waals surface area contributed by atoms with Gasteiger partial charge in [-0.2, -0.15) is 0 Å². The molecule has 0 aromatic heterocycles. The molecule has 0 saturated carbocycles. The first kappa shape index (κ1) is 49.8. The van der Waals surface area contributed by atoms with Gasteiger partial charge in [-0.25, -0.2) is 4.57 Å². The van der Waals surface area contributed by atoms with Gasteiger partial charge in [0, 0.05) is 19.4 Å². The van der Waals surface area contributed by atoms with Gasteiger partial charge in [0.2, 0.25) is 0 Å². The number of hydrogen-bond acceptors (Lipinski definition) is 8. The Balaban J connectivity index is 4.16. The number of carbonyl (C=O) groups is 2. The summed E-state index contributed by atoms with van der Waals surface area (Å²) in [7, 11) is -4.37. The van der Waals surface area contributed by atoms with Crippen LogP contribution in [0.2, 0.25) is 0 Å². The first-order valence-corrected chi connectivity index (χ1v) is 22.7. The van der Waals surface area contributed by atoms with E-state index in [0.29, 0.717) is 6.42 Å². The maximum Gasteiger partial charge on any atom is 0.472 e. The number of allylic oxidation sites excluding steroid dienone is 2. The average molecular weight is 746 g/mol. The largest absolute Gasteiger partial charge is 0.472 e. The monoisotopic (exact) mass is 746 g/mol. The molecule has 10 heteroatoms. The van der Waals surface area contributed by atoms with Crippen molar-refractivity contribution < 1.29 is 37.6 Å². The first-order valence-electron chi connectivity index (χ1n) is 21.2. The van der Waals surface area contributed by atoms with E-state index in [1.165, 1.54) is 128 Å². The fraction of sp³-hybridized carbons (Fsp3) is 0.902. The standard InChI is InChI=1S/C41H80NO8P/c1-3-5-7-9-11-13-15-17-19-21-23-25-27-29-31-33-40(43)47-37-39(38-49-51(45,46)48-36-35-42)50-41(44)34-32-30-28-26-24-22-20-18-16-14-12-10-8-6-4-2/h22,24,39H,3-21,23,25-38,42H2,1-2H3,(H,45,46)/b24-22+/t39-/m1/s1. The maximum atomic E-state index is 12.5. The maximum absolute atomic E-state index is 12.5. The molecular formula is C41H80NO8P. The second-order valence-electron chi connectivity index (χ2n) is 14.2. The highest BCUT2D eigenvalue weighted by molar-refractivity contribution is 7.47. The van der Waals surface area contributed by atoms with Crippen molar-refractivity contribution in [2.24, 2.45) is 5.73 Å². The number of esters is 2. The van der Waals surface area contributed by atoms with Gasteiger partial charge in [0.25, 0.3) is 0 Å². The van der Waals surface area contributed by atoms with E-state index in [0.717, 1.165) is 44.9 Å². The van der Waals surface area contributed by atoms with E-state index in [1.54, 1.807) is 0 Å². The predicted octanol–water partition coefficient (Wildman–Crippen LogP) is 11.8. The highest BCUT2D eigenvalue weighted by Crippen LogP contribution is 2.43. The van der Waals surface area contributed by atoms with Crippen molar-refractivity contribution in [2.75, 3.05) is 26.4 Å². The van der Waals surface area contributed by atoms with E-state index in [2.05, 4.69) is 26.0 Å². The molecule has 0 spiro atoms. The number of unbranched alkanes of at least 4 members (excludes halogenated alkanes) is 25. The molecule has 302 valence electrons. The molecule has 0 bridgehead atoms. The summed E-state index contributed by atoms with van der Waals surface area (Å²) >= 11 is 0. The van der Waals surface area contributed by atoms with Crippen molar-refractivity contribution in [3.8, 4) is 0 Å². The highest BCUT2D eigenvalue weighted by Gasteiger charge is 2.26. The third kappa shape index (κ3) is 38.3. The van der Waals surface area contributed by atoms with Crippen LogP contribution < -0.4 is 5.73 Å². The summed E-state index contributed by atoms with van der Waals surface area (Å²) < 4.78 is 32.7. The Kier molecular flexibility index (Phi) is 37.5. The molecule has 0 aliphatic heterocycles. The smallest absolute Gasteiger partial charge is 0.462 e. The normalized spacial score (nSPS) is 13.4. The van der Waals surface area contributed by atoms with Crippen molar-refractivity contribution in [3.05, 3.63) is 12.2 Å². The molecule has 0 aliphatic carbocycles. The predicted molar refractivity (Wildman–Crippen MR) is 211 cm³/mol. The molecule has 0 radical (unpaired) electrons. The minimum Gasteiger partial charge on any atom is -0.462 e. The lowest BCUT2D eigenvalue weighted by Crippen LogP contribution is -2.29. The molecule has 9 nitrogen and oxygen atoms in total. The molecule has 51 heavy (non-hydrogen) atoms. The highest BCUT2D eigenvalue weighted by atomic mass is 31.2. The number of hydrogen-bond donors (Lipinski definition) is 2. The minimum absolute atomic E-state index is 0.0539. The second kappa shape index (κ2) is 38.5. The summed E-state index contributed by atoms with van der Waals surface area (Å²) in [5.41, 5.74) is 5.34. The number of rotatable bonds is 40. The Morgan fingerprint density at radius 1 is 0.569 bits per heavy atom. The Bertz CT molecular complexity index is 856. The molecule has 0 rings (SSSR count). The van der Waals surface area contributed by atoms with Crippen LogP contribution in [0.4, 0.5) is 0 Å². The summed E-state index contributed by atoms with van der Waals surface area (Å²) in [6, 6.07) is 0. The fourth-order valence-corrected chi connectivity index (χ4v) is 6.75. The van der Waals surface area contributed by atoms with Crippen LogP contribution in [-0.2, 0) is 32.7 Å². The molecule has 0 saturated heterocycles.